The highest BCUT2D eigenvalue weighted by atomic mass is 35.5. The van der Waals surface area contributed by atoms with Crippen LogP contribution in [0, 0.1) is 0 Å². The molecule has 3 aromatic carbocycles. The third-order valence-corrected chi connectivity index (χ3v) is 8.94. The van der Waals surface area contributed by atoms with Gasteiger partial charge < -0.3 is 34.1 Å². The molecule has 1 fully saturated rings. The highest BCUT2D eigenvalue weighted by molar-refractivity contribution is 6.30. The van der Waals surface area contributed by atoms with Gasteiger partial charge in [-0.3, -0.25) is 14.5 Å². The molecular formula is C34H41ClN4O6. The van der Waals surface area contributed by atoms with Crippen molar-refractivity contribution in [3.8, 4) is 23.0 Å². The number of hydrogen-bond donors (Lipinski definition) is 1. The molecular weight excluding hydrogens is 596 g/mol. The van der Waals surface area contributed by atoms with E-state index in [-0.39, 0.29) is 11.8 Å². The number of carbonyl (C=O) groups excluding carboxylic acids is 2. The van der Waals surface area contributed by atoms with E-state index in [0.717, 1.165) is 55.4 Å². The van der Waals surface area contributed by atoms with Crippen LogP contribution in [0.1, 0.15) is 39.9 Å². The van der Waals surface area contributed by atoms with Crippen LogP contribution in [0.25, 0.3) is 0 Å². The van der Waals surface area contributed by atoms with Crippen LogP contribution in [-0.2, 0) is 4.79 Å². The van der Waals surface area contributed by atoms with Crippen molar-refractivity contribution >= 4 is 29.1 Å². The van der Waals surface area contributed by atoms with Crippen LogP contribution in [0.5, 0.6) is 23.0 Å². The number of amides is 2. The Labute approximate surface area is 269 Å². The maximum absolute atomic E-state index is 14.1. The van der Waals surface area contributed by atoms with Crippen molar-refractivity contribution in [3.05, 3.63) is 76.3 Å². The fourth-order valence-electron chi connectivity index (χ4n) is 6.31. The molecule has 2 aliphatic rings. The molecule has 0 saturated carbocycles. The summed E-state index contributed by atoms with van der Waals surface area (Å²) in [6, 6.07) is 16.2. The van der Waals surface area contributed by atoms with Crippen LogP contribution < -0.4 is 29.2 Å². The van der Waals surface area contributed by atoms with Gasteiger partial charge in [0.25, 0.3) is 5.91 Å². The van der Waals surface area contributed by atoms with Crippen molar-refractivity contribution in [2.75, 3.05) is 79.7 Å². The Balaban J connectivity index is 1.32. The lowest BCUT2D eigenvalue weighted by Crippen LogP contribution is -2.47. The third kappa shape index (κ3) is 6.77. The summed E-state index contributed by atoms with van der Waals surface area (Å²) in [5.74, 6) is 0.865. The molecule has 2 atom stereocenters. The second-order valence-electron chi connectivity index (χ2n) is 11.2. The Kier molecular flexibility index (Phi) is 10.2. The lowest BCUT2D eigenvalue weighted by molar-refractivity contribution is -0.124. The molecule has 2 heterocycles. The SMILES string of the molecule is COc1ccc([C@H]2[C@@H](C(=O)NCCCN3CCN(c4cccc(Cl)c4)CC3)c3cc(OC)c(OC)cc3C(=O)N2C)cc1OC. The Morgan fingerprint density at radius 2 is 1.53 bits per heavy atom. The van der Waals surface area contributed by atoms with Gasteiger partial charge in [-0.15, -0.1) is 0 Å². The number of benzene rings is 3. The highest BCUT2D eigenvalue weighted by Gasteiger charge is 2.43. The van der Waals surface area contributed by atoms with Gasteiger partial charge in [0, 0.05) is 56.0 Å². The van der Waals surface area contributed by atoms with Crippen LogP contribution in [0.2, 0.25) is 5.02 Å². The van der Waals surface area contributed by atoms with Gasteiger partial charge in [0.1, 0.15) is 0 Å². The summed E-state index contributed by atoms with van der Waals surface area (Å²) in [5, 5.41) is 3.91. The van der Waals surface area contributed by atoms with E-state index in [1.807, 2.05) is 30.3 Å². The zero-order valence-electron chi connectivity index (χ0n) is 26.5. The summed E-state index contributed by atoms with van der Waals surface area (Å²) in [7, 11) is 7.91. The van der Waals surface area contributed by atoms with Crippen molar-refractivity contribution in [1.82, 2.24) is 15.1 Å². The fourth-order valence-corrected chi connectivity index (χ4v) is 6.50. The summed E-state index contributed by atoms with van der Waals surface area (Å²) >= 11 is 6.19. The number of fused-ring (bicyclic) bond motifs is 1. The minimum atomic E-state index is -0.707. The first-order valence-corrected chi connectivity index (χ1v) is 15.4. The maximum Gasteiger partial charge on any atom is 0.254 e. The van der Waals surface area contributed by atoms with Gasteiger partial charge in [0.2, 0.25) is 5.91 Å². The lowest BCUT2D eigenvalue weighted by atomic mass is 9.79. The molecule has 0 aromatic heterocycles. The molecule has 0 bridgehead atoms. The Morgan fingerprint density at radius 1 is 0.867 bits per heavy atom. The van der Waals surface area contributed by atoms with Crippen molar-refractivity contribution in [2.45, 2.75) is 18.4 Å². The minimum absolute atomic E-state index is 0.173. The number of halogens is 1. The number of nitrogens with zero attached hydrogens (tertiary/aromatic N) is 3. The number of methoxy groups -OCH3 is 4. The molecule has 0 radical (unpaired) electrons. The molecule has 0 spiro atoms. The average molecular weight is 637 g/mol. The molecule has 1 saturated heterocycles. The predicted molar refractivity (Wildman–Crippen MR) is 174 cm³/mol. The molecule has 1 N–H and O–H groups in total. The second-order valence-corrected chi connectivity index (χ2v) is 11.6. The van der Waals surface area contributed by atoms with Crippen molar-refractivity contribution in [2.24, 2.45) is 0 Å². The number of ether oxygens (including phenoxy) is 4. The van der Waals surface area contributed by atoms with Crippen LogP contribution >= 0.6 is 11.6 Å². The second kappa shape index (κ2) is 14.3. The number of rotatable bonds is 11. The fraction of sp³-hybridized carbons (Fsp3) is 0.412. The molecule has 0 unspecified atom stereocenters. The normalized spacial score (nSPS) is 18.3. The number of anilines is 1. The standard InChI is InChI=1S/C34H41ClN4O6/c1-37-32(22-10-11-27(42-2)28(18-22)43-3)31(25-20-29(44-4)30(45-5)21-26(25)34(37)41)33(40)36-12-7-13-38-14-16-39(17-15-38)24-9-6-8-23(35)19-24/h6,8-11,18-21,31-32H,7,12-17H2,1-5H3,(H,36,40)/t31-,32-/m0/s1. The smallest absolute Gasteiger partial charge is 0.254 e. The number of likely N-dealkylation sites (N-methyl/N-ethyl adjacent to an activating group) is 1. The van der Waals surface area contributed by atoms with E-state index in [9.17, 15) is 9.59 Å². The molecule has 11 heteroatoms. The van der Waals surface area contributed by atoms with E-state index in [2.05, 4.69) is 21.2 Å². The van der Waals surface area contributed by atoms with E-state index >= 15 is 0 Å². The predicted octanol–water partition coefficient (Wildman–Crippen LogP) is 4.61. The van der Waals surface area contributed by atoms with Gasteiger partial charge in [0.15, 0.2) is 23.0 Å². The lowest BCUT2D eigenvalue weighted by Gasteiger charge is -2.40. The Bertz CT molecular complexity index is 1530. The van der Waals surface area contributed by atoms with Crippen LogP contribution in [0.15, 0.2) is 54.6 Å². The number of carbonyl (C=O) groups is 2. The summed E-state index contributed by atoms with van der Waals surface area (Å²) in [5.41, 5.74) is 2.89. The van der Waals surface area contributed by atoms with Crippen LogP contribution in [0.3, 0.4) is 0 Å². The Morgan fingerprint density at radius 3 is 2.20 bits per heavy atom. The van der Waals surface area contributed by atoms with E-state index < -0.39 is 12.0 Å². The van der Waals surface area contributed by atoms with Crippen molar-refractivity contribution in [3.63, 3.8) is 0 Å². The Hall–Kier alpha value is -4.15. The first-order valence-electron chi connectivity index (χ1n) is 15.0. The number of hydrogen-bond acceptors (Lipinski definition) is 8. The first kappa shape index (κ1) is 32.2. The summed E-state index contributed by atoms with van der Waals surface area (Å²) in [6.45, 7) is 5.09. The minimum Gasteiger partial charge on any atom is -0.493 e. The largest absolute Gasteiger partial charge is 0.493 e. The molecule has 5 rings (SSSR count). The first-order chi connectivity index (χ1) is 21.8. The number of nitrogens with one attached hydrogen (secondary N) is 1. The topological polar surface area (TPSA) is 92.8 Å². The number of piperazine rings is 1. The van der Waals surface area contributed by atoms with Gasteiger partial charge in [-0.05, 0) is 66.6 Å². The van der Waals surface area contributed by atoms with E-state index in [0.29, 0.717) is 40.7 Å². The molecule has 10 nitrogen and oxygen atoms in total. The average Bonchev–Trinajstić information content (AvgIpc) is 3.07. The summed E-state index contributed by atoms with van der Waals surface area (Å²) in [6.07, 6.45) is 0.796. The van der Waals surface area contributed by atoms with Crippen LogP contribution in [-0.4, -0.2) is 96.4 Å². The molecule has 45 heavy (non-hydrogen) atoms. The zero-order valence-corrected chi connectivity index (χ0v) is 27.2. The molecule has 240 valence electrons. The molecule has 3 aromatic rings. The van der Waals surface area contributed by atoms with Gasteiger partial charge in [0.05, 0.1) is 40.4 Å². The molecule has 2 amide bonds. The summed E-state index contributed by atoms with van der Waals surface area (Å²) < 4.78 is 22.0. The molecule has 0 aliphatic carbocycles. The van der Waals surface area contributed by atoms with Crippen molar-refractivity contribution < 1.29 is 28.5 Å². The monoisotopic (exact) mass is 636 g/mol. The van der Waals surface area contributed by atoms with Gasteiger partial charge in [-0.1, -0.05) is 23.7 Å². The van der Waals surface area contributed by atoms with E-state index in [1.54, 1.807) is 44.4 Å². The summed E-state index contributed by atoms with van der Waals surface area (Å²) in [4.78, 5) is 34.2. The highest BCUT2D eigenvalue weighted by Crippen LogP contribution is 2.46. The molecule has 2 aliphatic heterocycles. The van der Waals surface area contributed by atoms with Crippen LogP contribution in [0.4, 0.5) is 5.69 Å². The van der Waals surface area contributed by atoms with E-state index in [4.69, 9.17) is 30.5 Å². The third-order valence-electron chi connectivity index (χ3n) is 8.70. The van der Waals surface area contributed by atoms with Gasteiger partial charge in [-0.2, -0.15) is 0 Å². The van der Waals surface area contributed by atoms with Gasteiger partial charge >= 0.3 is 0 Å². The van der Waals surface area contributed by atoms with E-state index in [1.165, 1.54) is 14.2 Å². The maximum atomic E-state index is 14.1. The van der Waals surface area contributed by atoms with Crippen molar-refractivity contribution in [1.29, 1.82) is 0 Å². The quantitative estimate of drug-likeness (QED) is 0.305. The van der Waals surface area contributed by atoms with Gasteiger partial charge in [-0.25, -0.2) is 0 Å². The zero-order chi connectivity index (χ0) is 32.1.